The lowest BCUT2D eigenvalue weighted by Crippen LogP contribution is -2.44. The van der Waals surface area contributed by atoms with Crippen molar-refractivity contribution in [1.82, 2.24) is 5.32 Å². The Morgan fingerprint density at radius 1 is 1.17 bits per heavy atom. The molecule has 0 saturated carbocycles. The fourth-order valence-corrected chi connectivity index (χ4v) is 3.28. The van der Waals surface area contributed by atoms with Gasteiger partial charge in [-0.3, -0.25) is 14.4 Å². The molecule has 7 heteroatoms. The zero-order chi connectivity index (χ0) is 22.6. The smallest absolute Gasteiger partial charge is 0.305 e. The third kappa shape index (κ3) is 13.5. The number of carboxylic acids is 1. The summed E-state index contributed by atoms with van der Waals surface area (Å²) in [6, 6.07) is -0.272. The van der Waals surface area contributed by atoms with Crippen LogP contribution in [0.15, 0.2) is 0 Å². The molecule has 0 aromatic rings. The van der Waals surface area contributed by atoms with Gasteiger partial charge in [-0.25, -0.2) is 0 Å². The van der Waals surface area contributed by atoms with Gasteiger partial charge in [-0.15, -0.1) is 0 Å². The van der Waals surface area contributed by atoms with Gasteiger partial charge in [0.05, 0.1) is 31.2 Å². The molecule has 29 heavy (non-hydrogen) atoms. The van der Waals surface area contributed by atoms with Crippen molar-refractivity contribution in [3.8, 4) is 0 Å². The second kappa shape index (κ2) is 14.6. The fraction of sp³-hybridized carbons (Fsp3) is 0.864. The highest BCUT2D eigenvalue weighted by Gasteiger charge is 2.27. The van der Waals surface area contributed by atoms with Crippen LogP contribution in [-0.2, 0) is 23.9 Å². The molecule has 2 N–H and O–H groups in total. The molecule has 0 radical (unpaired) electrons. The maximum absolute atomic E-state index is 12.0. The molecule has 1 heterocycles. The first-order valence-corrected chi connectivity index (χ1v) is 10.6. The van der Waals surface area contributed by atoms with E-state index < -0.39 is 5.97 Å². The summed E-state index contributed by atoms with van der Waals surface area (Å²) in [4.78, 5) is 34.1. The number of Topliss-reactive ketones (excluding diaryl/α,β-unsaturated/α-hetero) is 2. The zero-order valence-electron chi connectivity index (χ0n) is 19.2. The van der Waals surface area contributed by atoms with E-state index in [-0.39, 0.29) is 55.3 Å². The summed E-state index contributed by atoms with van der Waals surface area (Å²) in [7, 11) is 1.55. The van der Waals surface area contributed by atoms with Gasteiger partial charge in [-0.1, -0.05) is 41.5 Å². The first-order chi connectivity index (χ1) is 13.5. The molecule has 0 amide bonds. The van der Waals surface area contributed by atoms with Gasteiger partial charge in [0.25, 0.3) is 0 Å². The Morgan fingerprint density at radius 3 is 2.24 bits per heavy atom. The standard InChI is InChI=1S/C14H25NO3.C8H16O3/c1-9(2)5-12-6-11(16)7-15-14(10(3)4)13(17)8-18-12;1-6(2)4-7(11-3)5-8(9)10/h9-10,12,14-15H,5-8H2,1-4H3;6-7H,4-5H2,1-3H3,(H,9,10)/t12?,14-;/m0./s1. The van der Waals surface area contributed by atoms with E-state index in [9.17, 15) is 14.4 Å². The van der Waals surface area contributed by atoms with Crippen molar-refractivity contribution in [2.75, 3.05) is 20.3 Å². The topological polar surface area (TPSA) is 102 Å². The average Bonchev–Trinajstić information content (AvgIpc) is 2.63. The van der Waals surface area contributed by atoms with Crippen molar-refractivity contribution < 1.29 is 29.0 Å². The quantitative estimate of drug-likeness (QED) is 0.628. The Hall–Kier alpha value is -1.31. The van der Waals surface area contributed by atoms with E-state index in [1.807, 2.05) is 27.7 Å². The van der Waals surface area contributed by atoms with E-state index in [2.05, 4.69) is 19.2 Å². The number of rotatable bonds is 8. The molecule has 0 aromatic carbocycles. The van der Waals surface area contributed by atoms with Gasteiger partial charge in [0.1, 0.15) is 12.4 Å². The van der Waals surface area contributed by atoms with Gasteiger partial charge < -0.3 is 19.9 Å². The molecule has 0 aromatic heterocycles. The minimum absolute atomic E-state index is 0.0495. The van der Waals surface area contributed by atoms with Crippen molar-refractivity contribution in [3.63, 3.8) is 0 Å². The van der Waals surface area contributed by atoms with Crippen molar-refractivity contribution in [1.29, 1.82) is 0 Å². The Kier molecular flexibility index (Phi) is 14.0. The Bertz CT molecular complexity index is 504. The Morgan fingerprint density at radius 2 is 1.79 bits per heavy atom. The van der Waals surface area contributed by atoms with E-state index in [0.29, 0.717) is 18.3 Å². The van der Waals surface area contributed by atoms with E-state index in [1.165, 1.54) is 0 Å². The normalized spacial score (nSPS) is 22.0. The summed E-state index contributed by atoms with van der Waals surface area (Å²) < 4.78 is 10.6. The number of carboxylic acid groups (broad SMARTS) is 1. The van der Waals surface area contributed by atoms with Crippen molar-refractivity contribution in [2.24, 2.45) is 17.8 Å². The molecule has 2 unspecified atom stereocenters. The van der Waals surface area contributed by atoms with Crippen LogP contribution in [0.4, 0.5) is 0 Å². The summed E-state index contributed by atoms with van der Waals surface area (Å²) in [5, 5.41) is 11.5. The van der Waals surface area contributed by atoms with Crippen molar-refractivity contribution >= 4 is 17.5 Å². The molecule has 1 rings (SSSR count). The Balaban J connectivity index is 0.000000614. The minimum Gasteiger partial charge on any atom is -0.481 e. The second-order valence-electron chi connectivity index (χ2n) is 8.96. The van der Waals surface area contributed by atoms with Crippen LogP contribution in [0.1, 0.15) is 67.2 Å². The van der Waals surface area contributed by atoms with Gasteiger partial charge in [-0.2, -0.15) is 0 Å². The molecule has 3 atom stereocenters. The molecular weight excluding hydrogens is 374 g/mol. The number of ketones is 2. The van der Waals surface area contributed by atoms with E-state index in [0.717, 1.165) is 12.8 Å². The van der Waals surface area contributed by atoms with E-state index in [4.69, 9.17) is 14.6 Å². The summed E-state index contributed by atoms with van der Waals surface area (Å²) in [5.74, 6) is 0.509. The van der Waals surface area contributed by atoms with Crippen molar-refractivity contribution in [2.45, 2.75) is 85.5 Å². The van der Waals surface area contributed by atoms with Crippen LogP contribution in [0.2, 0.25) is 0 Å². The van der Waals surface area contributed by atoms with Gasteiger partial charge in [0.15, 0.2) is 5.78 Å². The van der Waals surface area contributed by atoms with Crippen LogP contribution in [0.25, 0.3) is 0 Å². The number of nitrogens with one attached hydrogen (secondary N) is 1. The second-order valence-corrected chi connectivity index (χ2v) is 8.96. The average molecular weight is 416 g/mol. The van der Waals surface area contributed by atoms with Crippen LogP contribution < -0.4 is 5.32 Å². The lowest BCUT2D eigenvalue weighted by atomic mass is 10.00. The number of methoxy groups -OCH3 is 1. The number of carbonyl (C=O) groups excluding carboxylic acids is 2. The first kappa shape index (κ1) is 27.7. The molecular formula is C22H41NO6. The minimum atomic E-state index is -0.794. The highest BCUT2D eigenvalue weighted by atomic mass is 16.5. The van der Waals surface area contributed by atoms with E-state index in [1.54, 1.807) is 7.11 Å². The molecule has 170 valence electrons. The third-order valence-corrected chi connectivity index (χ3v) is 4.65. The summed E-state index contributed by atoms with van der Waals surface area (Å²) in [6.45, 7) is 12.6. The zero-order valence-corrected chi connectivity index (χ0v) is 19.2. The highest BCUT2D eigenvalue weighted by Crippen LogP contribution is 2.15. The molecule has 1 fully saturated rings. The number of carbonyl (C=O) groups is 3. The largest absolute Gasteiger partial charge is 0.481 e. The molecule has 1 saturated heterocycles. The number of hydrogen-bond donors (Lipinski definition) is 2. The maximum atomic E-state index is 12.0. The molecule has 1 aliphatic heterocycles. The number of aliphatic carboxylic acids is 1. The lowest BCUT2D eigenvalue weighted by Gasteiger charge is -2.20. The van der Waals surface area contributed by atoms with Gasteiger partial charge in [-0.05, 0) is 30.6 Å². The van der Waals surface area contributed by atoms with Crippen LogP contribution >= 0.6 is 0 Å². The fourth-order valence-electron chi connectivity index (χ4n) is 3.28. The molecule has 1 aliphatic rings. The van der Waals surface area contributed by atoms with Crippen molar-refractivity contribution in [3.05, 3.63) is 0 Å². The van der Waals surface area contributed by atoms with E-state index >= 15 is 0 Å². The molecule has 0 bridgehead atoms. The molecule has 0 aliphatic carbocycles. The van der Waals surface area contributed by atoms with Crippen LogP contribution in [0, 0.1) is 17.8 Å². The summed E-state index contributed by atoms with van der Waals surface area (Å²) in [6.07, 6.45) is 1.90. The Labute approximate surface area is 175 Å². The third-order valence-electron chi connectivity index (χ3n) is 4.65. The number of hydrogen-bond acceptors (Lipinski definition) is 6. The molecule has 7 nitrogen and oxygen atoms in total. The maximum Gasteiger partial charge on any atom is 0.305 e. The monoisotopic (exact) mass is 415 g/mol. The van der Waals surface area contributed by atoms with Crippen LogP contribution in [-0.4, -0.2) is 61.2 Å². The van der Waals surface area contributed by atoms with Gasteiger partial charge in [0.2, 0.25) is 0 Å². The predicted octanol–water partition coefficient (Wildman–Crippen LogP) is 3.10. The van der Waals surface area contributed by atoms with Crippen LogP contribution in [0.5, 0.6) is 0 Å². The predicted molar refractivity (Wildman–Crippen MR) is 113 cm³/mol. The summed E-state index contributed by atoms with van der Waals surface area (Å²) >= 11 is 0. The van der Waals surface area contributed by atoms with Crippen LogP contribution in [0.3, 0.4) is 0 Å². The lowest BCUT2D eigenvalue weighted by molar-refractivity contribution is -0.140. The first-order valence-electron chi connectivity index (χ1n) is 10.6. The highest BCUT2D eigenvalue weighted by molar-refractivity contribution is 5.87. The van der Waals surface area contributed by atoms with Gasteiger partial charge >= 0.3 is 5.97 Å². The SMILES string of the molecule is CC(C)CC1CC(=O)CN[C@@H](C(C)C)C(=O)CO1.COC(CC(=O)O)CC(C)C. The van der Waals surface area contributed by atoms with Gasteiger partial charge in [0, 0.05) is 13.5 Å². The number of ether oxygens (including phenoxy) is 2. The summed E-state index contributed by atoms with van der Waals surface area (Å²) in [5.41, 5.74) is 0. The molecule has 0 spiro atoms.